The second-order valence-electron chi connectivity index (χ2n) is 7.30. The van der Waals surface area contributed by atoms with Gasteiger partial charge in [-0.25, -0.2) is 14.6 Å². The van der Waals surface area contributed by atoms with E-state index >= 15 is 0 Å². The number of carbonyl (C=O) groups excluding carboxylic acids is 1. The third-order valence-electron chi connectivity index (χ3n) is 5.19. The first-order chi connectivity index (χ1) is 14.1. The van der Waals surface area contributed by atoms with Crippen molar-refractivity contribution in [2.45, 2.75) is 50.1 Å². The van der Waals surface area contributed by atoms with E-state index in [1.54, 1.807) is 23.1 Å². The number of amides is 1. The summed E-state index contributed by atoms with van der Waals surface area (Å²) >= 11 is 1.48. The Balaban J connectivity index is 1.68. The lowest BCUT2D eigenvalue weighted by atomic mass is 10.0. The second kappa shape index (κ2) is 8.73. The summed E-state index contributed by atoms with van der Waals surface area (Å²) in [6.07, 6.45) is 6.65. The van der Waals surface area contributed by atoms with Crippen molar-refractivity contribution in [3.8, 4) is 5.69 Å². The first-order valence-electron chi connectivity index (χ1n) is 9.86. The highest BCUT2D eigenvalue weighted by Gasteiger charge is 2.29. The summed E-state index contributed by atoms with van der Waals surface area (Å²) in [5.41, 5.74) is 3.25. The minimum atomic E-state index is -0.0415. The first-order valence-corrected chi connectivity index (χ1v) is 10.8. The van der Waals surface area contributed by atoms with Crippen molar-refractivity contribution in [1.82, 2.24) is 29.9 Å². The predicted octanol–water partition coefficient (Wildman–Crippen LogP) is 3.67. The summed E-state index contributed by atoms with van der Waals surface area (Å²) in [6, 6.07) is 10.1. The molecule has 2 aromatic heterocycles. The van der Waals surface area contributed by atoms with Crippen molar-refractivity contribution in [2.24, 2.45) is 0 Å². The fourth-order valence-corrected chi connectivity index (χ4v) is 4.31. The average Bonchev–Trinajstić information content (AvgIpc) is 3.17. The standard InChI is InChI=1S/C21H24N6OS/c1-15-7-9-17(10-8-15)27-18(14-29-21-22-11-5-12-23-21)19(24-25-27)20(28)26-13-4-3-6-16(26)2/h5,7-12,16H,3-4,6,13-14H2,1-2H3. The molecule has 150 valence electrons. The predicted molar refractivity (Wildman–Crippen MR) is 112 cm³/mol. The Morgan fingerprint density at radius 2 is 1.93 bits per heavy atom. The van der Waals surface area contributed by atoms with E-state index in [2.05, 4.69) is 27.2 Å². The molecule has 0 N–H and O–H groups in total. The van der Waals surface area contributed by atoms with Crippen molar-refractivity contribution in [2.75, 3.05) is 6.54 Å². The van der Waals surface area contributed by atoms with Crippen LogP contribution in [0.4, 0.5) is 0 Å². The number of piperidine rings is 1. The van der Waals surface area contributed by atoms with Gasteiger partial charge in [0.25, 0.3) is 5.91 Å². The normalized spacial score (nSPS) is 16.8. The number of nitrogens with zero attached hydrogens (tertiary/aromatic N) is 6. The fourth-order valence-electron chi connectivity index (χ4n) is 3.52. The Morgan fingerprint density at radius 1 is 1.17 bits per heavy atom. The van der Waals surface area contributed by atoms with Gasteiger partial charge in [0.1, 0.15) is 0 Å². The van der Waals surface area contributed by atoms with Crippen LogP contribution in [0.3, 0.4) is 0 Å². The summed E-state index contributed by atoms with van der Waals surface area (Å²) in [4.78, 5) is 23.8. The minimum Gasteiger partial charge on any atom is -0.334 e. The molecule has 29 heavy (non-hydrogen) atoms. The zero-order valence-corrected chi connectivity index (χ0v) is 17.5. The number of hydrogen-bond acceptors (Lipinski definition) is 6. The molecule has 1 aromatic carbocycles. The molecule has 4 rings (SSSR count). The summed E-state index contributed by atoms with van der Waals surface area (Å²) in [5.74, 6) is 0.467. The maximum Gasteiger partial charge on any atom is 0.276 e. The number of aromatic nitrogens is 5. The molecule has 0 aliphatic carbocycles. The van der Waals surface area contributed by atoms with Crippen LogP contribution in [0.5, 0.6) is 0 Å². The van der Waals surface area contributed by atoms with Crippen LogP contribution in [0.2, 0.25) is 0 Å². The van der Waals surface area contributed by atoms with E-state index in [1.165, 1.54) is 17.3 Å². The van der Waals surface area contributed by atoms with Crippen molar-refractivity contribution in [1.29, 1.82) is 0 Å². The molecular weight excluding hydrogens is 384 g/mol. The summed E-state index contributed by atoms with van der Waals surface area (Å²) in [7, 11) is 0. The number of benzene rings is 1. The zero-order valence-electron chi connectivity index (χ0n) is 16.7. The van der Waals surface area contributed by atoms with E-state index < -0.39 is 0 Å². The van der Waals surface area contributed by atoms with Gasteiger partial charge >= 0.3 is 0 Å². The zero-order chi connectivity index (χ0) is 20.2. The van der Waals surface area contributed by atoms with Gasteiger partial charge < -0.3 is 4.90 Å². The molecule has 3 heterocycles. The topological polar surface area (TPSA) is 76.8 Å². The molecule has 0 spiro atoms. The summed E-state index contributed by atoms with van der Waals surface area (Å²) < 4.78 is 1.76. The third kappa shape index (κ3) is 4.32. The number of thioether (sulfide) groups is 1. The van der Waals surface area contributed by atoms with Gasteiger partial charge in [-0.1, -0.05) is 34.7 Å². The fraction of sp³-hybridized carbons (Fsp3) is 0.381. The molecule has 8 heteroatoms. The Labute approximate surface area is 174 Å². The van der Waals surface area contributed by atoms with Crippen molar-refractivity contribution in [3.63, 3.8) is 0 Å². The number of aryl methyl sites for hydroxylation is 1. The van der Waals surface area contributed by atoms with Crippen molar-refractivity contribution >= 4 is 17.7 Å². The molecule has 1 amide bonds. The summed E-state index contributed by atoms with van der Waals surface area (Å²) in [6.45, 7) is 4.92. The van der Waals surface area contributed by atoms with Gasteiger partial charge in [0.2, 0.25) is 0 Å². The molecule has 3 aromatic rings. The Bertz CT molecular complexity index is 973. The van der Waals surface area contributed by atoms with Crippen LogP contribution in [0, 0.1) is 6.92 Å². The highest BCUT2D eigenvalue weighted by Crippen LogP contribution is 2.25. The van der Waals surface area contributed by atoms with Gasteiger partial charge in [-0.05, 0) is 51.3 Å². The van der Waals surface area contributed by atoms with E-state index in [-0.39, 0.29) is 11.9 Å². The maximum atomic E-state index is 13.3. The number of carbonyl (C=O) groups is 1. The van der Waals surface area contributed by atoms with Crippen LogP contribution in [-0.4, -0.2) is 48.4 Å². The van der Waals surface area contributed by atoms with Gasteiger partial charge in [-0.15, -0.1) is 5.10 Å². The lowest BCUT2D eigenvalue weighted by Gasteiger charge is -2.33. The Hall–Kier alpha value is -2.74. The van der Waals surface area contributed by atoms with Gasteiger partial charge in [0, 0.05) is 30.7 Å². The average molecular weight is 409 g/mol. The van der Waals surface area contributed by atoms with E-state index in [1.807, 2.05) is 36.1 Å². The monoisotopic (exact) mass is 408 g/mol. The molecule has 1 aliphatic heterocycles. The highest BCUT2D eigenvalue weighted by atomic mass is 32.2. The van der Waals surface area contributed by atoms with Crippen molar-refractivity contribution < 1.29 is 4.79 Å². The van der Waals surface area contributed by atoms with Crippen LogP contribution in [0.25, 0.3) is 5.69 Å². The first kappa shape index (κ1) is 19.6. The molecule has 1 saturated heterocycles. The van der Waals surface area contributed by atoms with E-state index in [0.717, 1.165) is 37.2 Å². The molecule has 1 fully saturated rings. The van der Waals surface area contributed by atoms with Crippen molar-refractivity contribution in [3.05, 3.63) is 59.7 Å². The largest absolute Gasteiger partial charge is 0.334 e. The van der Waals surface area contributed by atoms with Crippen LogP contribution in [-0.2, 0) is 5.75 Å². The second-order valence-corrected chi connectivity index (χ2v) is 8.24. The van der Waals surface area contributed by atoms with Gasteiger partial charge in [0.05, 0.1) is 11.4 Å². The Kier molecular flexibility index (Phi) is 5.89. The number of likely N-dealkylation sites (tertiary alicyclic amines) is 1. The van der Waals surface area contributed by atoms with Crippen LogP contribution in [0.15, 0.2) is 47.9 Å². The molecule has 1 atom stereocenters. The number of hydrogen-bond donors (Lipinski definition) is 0. The van der Waals surface area contributed by atoms with Crippen LogP contribution >= 0.6 is 11.8 Å². The highest BCUT2D eigenvalue weighted by molar-refractivity contribution is 7.98. The molecule has 0 radical (unpaired) electrons. The minimum absolute atomic E-state index is 0.0415. The van der Waals surface area contributed by atoms with Crippen LogP contribution in [0.1, 0.15) is 47.9 Å². The van der Waals surface area contributed by atoms with Gasteiger partial charge in [-0.2, -0.15) is 0 Å². The van der Waals surface area contributed by atoms with Crippen LogP contribution < -0.4 is 0 Å². The third-order valence-corrected chi connectivity index (χ3v) is 6.07. The van der Waals surface area contributed by atoms with Gasteiger partial charge in [-0.3, -0.25) is 4.79 Å². The molecule has 1 aliphatic rings. The SMILES string of the molecule is Cc1ccc(-n2nnc(C(=O)N3CCCCC3C)c2CSc2ncccn2)cc1. The molecule has 7 nitrogen and oxygen atoms in total. The quantitative estimate of drug-likeness (QED) is 0.474. The van der Waals surface area contributed by atoms with Gasteiger partial charge in [0.15, 0.2) is 10.9 Å². The molecule has 1 unspecified atom stereocenters. The maximum absolute atomic E-state index is 13.3. The van der Waals surface area contributed by atoms with E-state index in [0.29, 0.717) is 16.6 Å². The Morgan fingerprint density at radius 3 is 2.66 bits per heavy atom. The molecular formula is C21H24N6OS. The number of rotatable bonds is 5. The molecule has 0 bridgehead atoms. The lowest BCUT2D eigenvalue weighted by molar-refractivity contribution is 0.0628. The molecule has 0 saturated carbocycles. The van der Waals surface area contributed by atoms with E-state index in [4.69, 9.17) is 0 Å². The van der Waals surface area contributed by atoms with E-state index in [9.17, 15) is 4.79 Å². The smallest absolute Gasteiger partial charge is 0.276 e. The summed E-state index contributed by atoms with van der Waals surface area (Å²) in [5, 5.41) is 9.30. The lowest BCUT2D eigenvalue weighted by Crippen LogP contribution is -2.42.